The van der Waals surface area contributed by atoms with Crippen LogP contribution >= 0.6 is 0 Å². The van der Waals surface area contributed by atoms with E-state index >= 15 is 0 Å². The Bertz CT molecular complexity index is 667. The summed E-state index contributed by atoms with van der Waals surface area (Å²) < 4.78 is 1.21. The third kappa shape index (κ3) is 2.55. The van der Waals surface area contributed by atoms with Crippen LogP contribution in [-0.2, 0) is 12.6 Å². The second kappa shape index (κ2) is 5.59. The van der Waals surface area contributed by atoms with Crippen LogP contribution in [0.4, 0.5) is 11.4 Å². The molecule has 10 heteroatoms. The minimum Gasteiger partial charge on any atom is -0.753 e. The van der Waals surface area contributed by atoms with Gasteiger partial charge in [-0.15, -0.1) is 0 Å². The largest absolute Gasteiger partial charge is 0.753 e. The van der Waals surface area contributed by atoms with E-state index in [9.17, 15) is 20.2 Å². The zero-order valence-electron chi connectivity index (χ0n) is 10.6. The van der Waals surface area contributed by atoms with Crippen molar-refractivity contribution in [2.24, 2.45) is 0 Å². The molecule has 0 radical (unpaired) electrons. The zero-order chi connectivity index (χ0) is 14.2. The number of hydrogen-bond donors (Lipinski definition) is 1. The predicted molar refractivity (Wildman–Crippen MR) is 73.2 cm³/mol. The molecule has 1 aromatic carbocycles. The van der Waals surface area contributed by atoms with Crippen LogP contribution in [0.3, 0.4) is 0 Å². The van der Waals surface area contributed by atoms with Gasteiger partial charge in [0.25, 0.3) is 11.4 Å². The van der Waals surface area contributed by atoms with Gasteiger partial charge in [-0.2, -0.15) is 5.10 Å². The molecule has 0 fully saturated rings. The molecule has 0 aliphatic heterocycles. The lowest BCUT2D eigenvalue weighted by Crippen LogP contribution is -1.99. The first-order valence-electron chi connectivity index (χ1n) is 5.07. The fourth-order valence-corrected chi connectivity index (χ4v) is 1.97. The summed E-state index contributed by atoms with van der Waals surface area (Å²) in [6.45, 7) is 1.48. The smallest absolute Gasteiger partial charge is 0.291 e. The molecule has 9 nitrogen and oxygen atoms in total. The topological polar surface area (TPSA) is 141 Å². The average molecular weight is 297 g/mol. The van der Waals surface area contributed by atoms with Gasteiger partial charge >= 0.3 is 0 Å². The van der Waals surface area contributed by atoms with Gasteiger partial charge < -0.3 is 18.8 Å². The summed E-state index contributed by atoms with van der Waals surface area (Å²) in [6.07, 6.45) is 0. The molecule has 0 aliphatic rings. The van der Waals surface area contributed by atoms with Gasteiger partial charge in [0.2, 0.25) is 0 Å². The van der Waals surface area contributed by atoms with Crippen molar-refractivity contribution in [3.63, 3.8) is 0 Å². The second-order valence-corrected chi connectivity index (χ2v) is 4.07. The molecule has 0 amide bonds. The molecule has 106 valence electrons. The fraction of sp³-hybridized carbons (Fsp3) is 0.100. The van der Waals surface area contributed by atoms with Gasteiger partial charge in [0.05, 0.1) is 15.5 Å². The molecule has 2 rings (SSSR count). The standard InChI is InChI=1S/C10H8N4O4S.H3N/c1-6-9(14(17)18)10(19)12(11-6)7-2-4-8(5-3-7)13(15)16;/h2-5,19H,1H3;1H3. The number of nitro benzene ring substituents is 1. The lowest BCUT2D eigenvalue weighted by atomic mass is 10.3. The monoisotopic (exact) mass is 297 g/mol. The summed E-state index contributed by atoms with van der Waals surface area (Å²) >= 11 is 4.98. The molecule has 0 bridgehead atoms. The lowest BCUT2D eigenvalue weighted by Gasteiger charge is -2.09. The molecule has 0 spiro atoms. The van der Waals surface area contributed by atoms with Crippen molar-refractivity contribution in [3.05, 3.63) is 50.2 Å². The number of rotatable bonds is 3. The fourth-order valence-electron chi connectivity index (χ4n) is 1.60. The maximum absolute atomic E-state index is 10.8. The van der Waals surface area contributed by atoms with E-state index in [1.807, 2.05) is 0 Å². The Hall–Kier alpha value is -2.59. The van der Waals surface area contributed by atoms with Crippen LogP contribution in [0, 0.1) is 27.2 Å². The highest BCUT2D eigenvalue weighted by molar-refractivity contribution is 7.58. The van der Waals surface area contributed by atoms with Gasteiger partial charge in [-0.1, -0.05) is 0 Å². The van der Waals surface area contributed by atoms with E-state index < -0.39 is 9.85 Å². The molecule has 1 heterocycles. The summed E-state index contributed by atoms with van der Waals surface area (Å²) in [7, 11) is 0. The number of aromatic nitrogens is 2. The summed E-state index contributed by atoms with van der Waals surface area (Å²) in [5.74, 6) is 0. The first-order valence-corrected chi connectivity index (χ1v) is 5.48. The van der Waals surface area contributed by atoms with E-state index in [1.54, 1.807) is 0 Å². The Morgan fingerprint density at radius 3 is 2.10 bits per heavy atom. The maximum atomic E-state index is 10.8. The third-order valence-electron chi connectivity index (χ3n) is 2.48. The highest BCUT2D eigenvalue weighted by Crippen LogP contribution is 2.25. The first kappa shape index (κ1) is 15.5. The second-order valence-electron chi connectivity index (χ2n) is 3.68. The molecular weight excluding hydrogens is 286 g/mol. The van der Waals surface area contributed by atoms with E-state index in [0.29, 0.717) is 5.69 Å². The Balaban J connectivity index is 0.00000200. The summed E-state index contributed by atoms with van der Waals surface area (Å²) in [5, 5.41) is 25.3. The highest BCUT2D eigenvalue weighted by Gasteiger charge is 2.18. The van der Waals surface area contributed by atoms with Crippen molar-refractivity contribution in [2.45, 2.75) is 11.9 Å². The molecule has 0 aliphatic carbocycles. The number of benzene rings is 1. The van der Waals surface area contributed by atoms with Gasteiger partial charge in [0.15, 0.2) is 0 Å². The Kier molecular flexibility index (Phi) is 4.32. The van der Waals surface area contributed by atoms with Gasteiger partial charge in [0.1, 0.15) is 5.69 Å². The average Bonchev–Trinajstić information content (AvgIpc) is 2.65. The molecular formula is C10H11N5O4S. The molecule has 20 heavy (non-hydrogen) atoms. The number of hydrogen-bond acceptors (Lipinski definition) is 6. The summed E-state index contributed by atoms with van der Waals surface area (Å²) in [5.41, 5.74) is 0.335. The number of aryl methyl sites for hydroxylation is 1. The van der Waals surface area contributed by atoms with Crippen molar-refractivity contribution in [2.75, 3.05) is 0 Å². The van der Waals surface area contributed by atoms with Gasteiger partial charge in [-0.3, -0.25) is 24.9 Å². The molecule has 2 aromatic rings. The predicted octanol–water partition coefficient (Wildman–Crippen LogP) is 2.28. The number of quaternary nitrogens is 1. The van der Waals surface area contributed by atoms with E-state index in [-0.39, 0.29) is 28.2 Å². The quantitative estimate of drug-likeness (QED) is 0.523. The zero-order valence-corrected chi connectivity index (χ0v) is 11.5. The lowest BCUT2D eigenvalue weighted by molar-refractivity contribution is -0.388. The van der Waals surface area contributed by atoms with E-state index in [2.05, 4.69) is 5.10 Å². The minimum atomic E-state index is -0.591. The van der Waals surface area contributed by atoms with Crippen LogP contribution in [0.5, 0.6) is 0 Å². The molecule has 0 saturated heterocycles. The Labute approximate surface area is 118 Å². The SMILES string of the molecule is Cc1nn(-c2ccc([N+](=O)[O-])cc2)c([S-])c1[N+](=O)[O-].[NH4+]. The first-order chi connectivity index (χ1) is 8.91. The van der Waals surface area contributed by atoms with E-state index in [4.69, 9.17) is 12.6 Å². The number of non-ortho nitro benzene ring substituents is 1. The molecule has 0 saturated carbocycles. The van der Waals surface area contributed by atoms with Crippen molar-refractivity contribution in [1.29, 1.82) is 0 Å². The highest BCUT2D eigenvalue weighted by atomic mass is 32.1. The van der Waals surface area contributed by atoms with Gasteiger partial charge in [-0.05, 0) is 24.1 Å². The summed E-state index contributed by atoms with van der Waals surface area (Å²) in [6, 6.07) is 5.44. The Morgan fingerprint density at radius 2 is 1.70 bits per heavy atom. The normalized spacial score (nSPS) is 9.85. The van der Waals surface area contributed by atoms with Crippen molar-refractivity contribution in [3.8, 4) is 5.69 Å². The number of nitro groups is 2. The van der Waals surface area contributed by atoms with Crippen LogP contribution in [0.2, 0.25) is 0 Å². The Morgan fingerprint density at radius 1 is 1.15 bits per heavy atom. The van der Waals surface area contributed by atoms with Crippen molar-refractivity contribution in [1.82, 2.24) is 15.9 Å². The van der Waals surface area contributed by atoms with Crippen LogP contribution in [0.1, 0.15) is 5.69 Å². The van der Waals surface area contributed by atoms with Crippen LogP contribution in [0.15, 0.2) is 29.3 Å². The van der Waals surface area contributed by atoms with Crippen LogP contribution in [0.25, 0.3) is 5.69 Å². The molecule has 0 atom stereocenters. The van der Waals surface area contributed by atoms with Gasteiger partial charge in [-0.25, -0.2) is 0 Å². The van der Waals surface area contributed by atoms with E-state index in [0.717, 1.165) is 0 Å². The van der Waals surface area contributed by atoms with Crippen LogP contribution in [-0.4, -0.2) is 19.6 Å². The summed E-state index contributed by atoms with van der Waals surface area (Å²) in [4.78, 5) is 20.2. The minimum absolute atomic E-state index is 0. The van der Waals surface area contributed by atoms with Crippen molar-refractivity contribution < 1.29 is 9.85 Å². The third-order valence-corrected chi connectivity index (χ3v) is 2.84. The molecule has 0 unspecified atom stereocenters. The maximum Gasteiger partial charge on any atom is 0.291 e. The van der Waals surface area contributed by atoms with E-state index in [1.165, 1.54) is 35.9 Å². The van der Waals surface area contributed by atoms with Crippen LogP contribution < -0.4 is 6.15 Å². The van der Waals surface area contributed by atoms with Gasteiger partial charge in [0, 0.05) is 12.1 Å². The van der Waals surface area contributed by atoms with Crippen molar-refractivity contribution >= 4 is 24.0 Å². The molecule has 4 N–H and O–H groups in total. The number of nitrogens with zero attached hydrogens (tertiary/aromatic N) is 4. The molecule has 1 aromatic heterocycles.